The minimum atomic E-state index is -0.786. The number of hydrogen-bond donors (Lipinski definition) is 0. The van der Waals surface area contributed by atoms with Crippen molar-refractivity contribution in [1.29, 1.82) is 0 Å². The zero-order chi connectivity index (χ0) is 48.6. The van der Waals surface area contributed by atoms with E-state index < -0.39 is 6.10 Å². The first-order valence-electron chi connectivity index (χ1n) is 28.1. The van der Waals surface area contributed by atoms with E-state index in [4.69, 9.17) is 14.2 Å². The van der Waals surface area contributed by atoms with Gasteiger partial charge >= 0.3 is 17.9 Å². The van der Waals surface area contributed by atoms with Crippen molar-refractivity contribution in [2.24, 2.45) is 0 Å². The van der Waals surface area contributed by atoms with Gasteiger partial charge in [0.05, 0.1) is 0 Å². The quantitative estimate of drug-likeness (QED) is 0.0262. The molecule has 67 heavy (non-hydrogen) atoms. The SMILES string of the molecule is CC/C=C\C/C=C\C/C=C\C/C=C\C/C=C\C/C=C\C/C=C\CCCCCC(=O)OCC(COC(=O)CCCCCCCCCCCCCC)OC(=O)CCCCCCCCCCCCCC. The van der Waals surface area contributed by atoms with Crippen LogP contribution in [0.5, 0.6) is 0 Å². The molecule has 0 bridgehead atoms. The predicted molar refractivity (Wildman–Crippen MR) is 288 cm³/mol. The van der Waals surface area contributed by atoms with Crippen molar-refractivity contribution in [2.75, 3.05) is 13.2 Å². The molecule has 0 aromatic rings. The lowest BCUT2D eigenvalue weighted by atomic mass is 10.0. The molecule has 0 aromatic carbocycles. The minimum absolute atomic E-state index is 0.0839. The first kappa shape index (κ1) is 63.6. The summed E-state index contributed by atoms with van der Waals surface area (Å²) >= 11 is 0. The monoisotopic (exact) mass is 933 g/mol. The topological polar surface area (TPSA) is 78.9 Å². The van der Waals surface area contributed by atoms with Gasteiger partial charge in [-0.25, -0.2) is 0 Å². The third-order valence-corrected chi connectivity index (χ3v) is 11.9. The van der Waals surface area contributed by atoms with Gasteiger partial charge in [0.25, 0.3) is 0 Å². The van der Waals surface area contributed by atoms with Crippen LogP contribution in [0.4, 0.5) is 0 Å². The maximum atomic E-state index is 12.8. The Bertz CT molecular complexity index is 1300. The lowest BCUT2D eigenvalue weighted by molar-refractivity contribution is -0.167. The molecule has 0 fully saturated rings. The zero-order valence-corrected chi connectivity index (χ0v) is 43.9. The van der Waals surface area contributed by atoms with E-state index in [9.17, 15) is 14.4 Å². The second kappa shape index (κ2) is 55.2. The molecule has 0 saturated carbocycles. The van der Waals surface area contributed by atoms with Crippen molar-refractivity contribution in [3.8, 4) is 0 Å². The fourth-order valence-corrected chi connectivity index (χ4v) is 7.72. The Morgan fingerprint density at radius 2 is 0.582 bits per heavy atom. The molecule has 6 heteroatoms. The number of rotatable bonds is 50. The first-order valence-corrected chi connectivity index (χ1v) is 28.1. The molecule has 0 aliphatic heterocycles. The lowest BCUT2D eigenvalue weighted by Crippen LogP contribution is -2.30. The van der Waals surface area contributed by atoms with Gasteiger partial charge in [-0.15, -0.1) is 0 Å². The summed E-state index contributed by atoms with van der Waals surface area (Å²) in [7, 11) is 0. The number of carbonyl (C=O) groups excluding carboxylic acids is 3. The molecule has 6 nitrogen and oxygen atoms in total. The third kappa shape index (κ3) is 53.4. The summed E-state index contributed by atoms with van der Waals surface area (Å²) in [5, 5.41) is 0. The molecule has 0 N–H and O–H groups in total. The predicted octanol–water partition coefficient (Wildman–Crippen LogP) is 18.8. The second-order valence-corrected chi connectivity index (χ2v) is 18.5. The van der Waals surface area contributed by atoms with Gasteiger partial charge in [0.15, 0.2) is 6.10 Å². The Kier molecular flexibility index (Phi) is 52.4. The molecular weight excluding hydrogens is 829 g/mol. The molecule has 0 aliphatic rings. The Morgan fingerprint density at radius 1 is 0.313 bits per heavy atom. The van der Waals surface area contributed by atoms with Crippen molar-refractivity contribution >= 4 is 17.9 Å². The zero-order valence-electron chi connectivity index (χ0n) is 43.9. The van der Waals surface area contributed by atoms with Crippen LogP contribution < -0.4 is 0 Å². The van der Waals surface area contributed by atoms with Crippen molar-refractivity contribution < 1.29 is 28.6 Å². The molecule has 1 atom stereocenters. The van der Waals surface area contributed by atoms with Crippen molar-refractivity contribution in [3.05, 3.63) is 85.1 Å². The number of carbonyl (C=O) groups is 3. The molecule has 0 radical (unpaired) electrons. The summed E-state index contributed by atoms with van der Waals surface area (Å²) in [4.78, 5) is 38.0. The van der Waals surface area contributed by atoms with Gasteiger partial charge < -0.3 is 14.2 Å². The number of allylic oxidation sites excluding steroid dienone is 14. The van der Waals surface area contributed by atoms with E-state index >= 15 is 0 Å². The molecule has 0 rings (SSSR count). The number of unbranched alkanes of at least 4 members (excludes halogenated alkanes) is 25. The van der Waals surface area contributed by atoms with Crippen LogP contribution in [0.3, 0.4) is 0 Å². The third-order valence-electron chi connectivity index (χ3n) is 11.9. The van der Waals surface area contributed by atoms with Crippen molar-refractivity contribution in [3.63, 3.8) is 0 Å². The van der Waals surface area contributed by atoms with Crippen LogP contribution in [-0.4, -0.2) is 37.2 Å². The van der Waals surface area contributed by atoms with Crippen molar-refractivity contribution in [1.82, 2.24) is 0 Å². The van der Waals surface area contributed by atoms with Gasteiger partial charge in [0.2, 0.25) is 0 Å². The minimum Gasteiger partial charge on any atom is -0.462 e. The van der Waals surface area contributed by atoms with Crippen LogP contribution in [0.15, 0.2) is 85.1 Å². The van der Waals surface area contributed by atoms with Gasteiger partial charge in [-0.2, -0.15) is 0 Å². The van der Waals surface area contributed by atoms with E-state index in [0.717, 1.165) is 109 Å². The van der Waals surface area contributed by atoms with Gasteiger partial charge in [0.1, 0.15) is 13.2 Å². The van der Waals surface area contributed by atoms with E-state index in [1.807, 2.05) is 0 Å². The Labute approximate surface area is 414 Å². The van der Waals surface area contributed by atoms with Gasteiger partial charge in [-0.3, -0.25) is 14.4 Å². The molecule has 0 spiro atoms. The highest BCUT2D eigenvalue weighted by Crippen LogP contribution is 2.15. The Morgan fingerprint density at radius 3 is 0.910 bits per heavy atom. The van der Waals surface area contributed by atoms with Gasteiger partial charge in [0, 0.05) is 19.3 Å². The molecule has 1 unspecified atom stereocenters. The molecule has 0 amide bonds. The maximum absolute atomic E-state index is 12.8. The molecular formula is C61H104O6. The number of ether oxygens (including phenoxy) is 3. The van der Waals surface area contributed by atoms with Crippen LogP contribution in [0.25, 0.3) is 0 Å². The highest BCUT2D eigenvalue weighted by Gasteiger charge is 2.19. The molecule has 0 heterocycles. The van der Waals surface area contributed by atoms with Crippen LogP contribution in [0, 0.1) is 0 Å². The summed E-state index contributed by atoms with van der Waals surface area (Å²) in [6.45, 7) is 6.50. The summed E-state index contributed by atoms with van der Waals surface area (Å²) in [6.07, 6.45) is 71.4. The Hall–Kier alpha value is -3.41. The summed E-state index contributed by atoms with van der Waals surface area (Å²) in [6, 6.07) is 0. The lowest BCUT2D eigenvalue weighted by Gasteiger charge is -2.18. The van der Waals surface area contributed by atoms with E-state index in [1.54, 1.807) is 0 Å². The van der Waals surface area contributed by atoms with Crippen molar-refractivity contribution in [2.45, 2.75) is 271 Å². The van der Waals surface area contributed by atoms with Crippen LogP contribution >= 0.6 is 0 Å². The fourth-order valence-electron chi connectivity index (χ4n) is 7.72. The average molecular weight is 933 g/mol. The van der Waals surface area contributed by atoms with Crippen LogP contribution in [0.2, 0.25) is 0 Å². The maximum Gasteiger partial charge on any atom is 0.306 e. The molecule has 0 aromatic heterocycles. The standard InChI is InChI=1S/C61H104O6/c1-4-7-10-13-16-19-22-25-26-27-28-29-30-31-32-33-34-35-36-37-40-42-45-48-51-54-60(63)66-57-58(67-61(64)55-52-49-46-43-39-24-21-18-15-12-9-6-3)56-65-59(62)53-50-47-44-41-38-23-20-17-14-11-8-5-2/h7,10,16,19,25-26,28-29,31-32,34-35,37,40,58H,4-6,8-9,11-15,17-18,20-24,27,30,33,36,38-39,41-57H2,1-3H3/b10-7-,19-16-,26-25-,29-28-,32-31-,35-34-,40-37-. The normalized spacial score (nSPS) is 12.7. The van der Waals surface area contributed by atoms with Crippen LogP contribution in [0.1, 0.15) is 265 Å². The fraction of sp³-hybridized carbons (Fsp3) is 0.721. The summed E-state index contributed by atoms with van der Waals surface area (Å²) in [5.74, 6) is -0.913. The Balaban J connectivity index is 4.36. The number of hydrogen-bond acceptors (Lipinski definition) is 6. The first-order chi connectivity index (χ1) is 33.0. The smallest absolute Gasteiger partial charge is 0.306 e. The highest BCUT2D eigenvalue weighted by atomic mass is 16.6. The van der Waals surface area contributed by atoms with Gasteiger partial charge in [-0.1, -0.05) is 254 Å². The van der Waals surface area contributed by atoms with E-state index in [2.05, 4.69) is 106 Å². The van der Waals surface area contributed by atoms with E-state index in [1.165, 1.54) is 116 Å². The molecule has 0 aliphatic carbocycles. The highest BCUT2D eigenvalue weighted by molar-refractivity contribution is 5.71. The average Bonchev–Trinajstić information content (AvgIpc) is 3.33. The molecule has 384 valence electrons. The van der Waals surface area contributed by atoms with E-state index in [0.29, 0.717) is 19.3 Å². The van der Waals surface area contributed by atoms with Crippen LogP contribution in [-0.2, 0) is 28.6 Å². The summed E-state index contributed by atoms with van der Waals surface area (Å²) in [5.41, 5.74) is 0. The molecule has 0 saturated heterocycles. The van der Waals surface area contributed by atoms with E-state index in [-0.39, 0.29) is 31.1 Å². The second-order valence-electron chi connectivity index (χ2n) is 18.5. The number of esters is 3. The largest absolute Gasteiger partial charge is 0.462 e. The van der Waals surface area contributed by atoms with Gasteiger partial charge in [-0.05, 0) is 77.0 Å². The summed E-state index contributed by atoms with van der Waals surface area (Å²) < 4.78 is 16.8.